The van der Waals surface area contributed by atoms with Crippen LogP contribution in [0.4, 0.5) is 0 Å². The Balaban J connectivity index is 1.87. The van der Waals surface area contributed by atoms with E-state index >= 15 is 0 Å². The molecule has 1 atom stereocenters. The van der Waals surface area contributed by atoms with Gasteiger partial charge in [0.2, 0.25) is 0 Å². The van der Waals surface area contributed by atoms with Crippen LogP contribution in [0.5, 0.6) is 5.75 Å². The molecule has 2 aromatic carbocycles. The highest BCUT2D eigenvalue weighted by atomic mass is 35.5. The number of esters is 1. The van der Waals surface area contributed by atoms with E-state index in [2.05, 4.69) is 5.32 Å². The van der Waals surface area contributed by atoms with Crippen LogP contribution in [-0.2, 0) is 25.5 Å². The van der Waals surface area contributed by atoms with E-state index in [1.807, 2.05) is 0 Å². The number of halogens is 1. The van der Waals surface area contributed by atoms with Gasteiger partial charge in [0.05, 0.1) is 25.7 Å². The number of amides is 1. The molecule has 0 radical (unpaired) electrons. The second-order valence-electron chi connectivity index (χ2n) is 7.86. The van der Waals surface area contributed by atoms with Crippen LogP contribution in [0.15, 0.2) is 42.5 Å². The van der Waals surface area contributed by atoms with Gasteiger partial charge in [-0.1, -0.05) is 11.6 Å². The van der Waals surface area contributed by atoms with Crippen molar-refractivity contribution < 1.29 is 28.6 Å². The monoisotopic (exact) mass is 486 g/mol. The predicted molar refractivity (Wildman–Crippen MR) is 129 cm³/mol. The summed E-state index contributed by atoms with van der Waals surface area (Å²) in [5.74, 6) is -0.671. The molecule has 1 heterocycles. The third kappa shape index (κ3) is 5.76. The van der Waals surface area contributed by atoms with Crippen molar-refractivity contribution in [2.24, 2.45) is 0 Å². The van der Waals surface area contributed by atoms with Crippen molar-refractivity contribution in [3.05, 3.63) is 64.3 Å². The molecule has 0 aliphatic carbocycles. The fourth-order valence-electron chi connectivity index (χ4n) is 3.75. The summed E-state index contributed by atoms with van der Waals surface area (Å²) in [6.45, 7) is 3.49. The van der Waals surface area contributed by atoms with Crippen molar-refractivity contribution >= 4 is 40.3 Å². The Morgan fingerprint density at radius 3 is 2.44 bits per heavy atom. The molecule has 34 heavy (non-hydrogen) atoms. The van der Waals surface area contributed by atoms with Crippen molar-refractivity contribution in [2.45, 2.75) is 26.3 Å². The molecule has 0 aliphatic rings. The van der Waals surface area contributed by atoms with Gasteiger partial charge >= 0.3 is 5.97 Å². The maximum atomic E-state index is 13.3. The number of hydrogen-bond acceptors (Lipinski definition) is 6. The van der Waals surface area contributed by atoms with E-state index in [1.165, 1.54) is 7.11 Å². The van der Waals surface area contributed by atoms with E-state index in [4.69, 9.17) is 25.8 Å². The lowest BCUT2D eigenvalue weighted by Gasteiger charge is -2.12. The Hall–Kier alpha value is -3.36. The normalized spacial score (nSPS) is 11.8. The van der Waals surface area contributed by atoms with E-state index in [-0.39, 0.29) is 18.4 Å². The average molecular weight is 487 g/mol. The molecule has 0 unspecified atom stereocenters. The minimum absolute atomic E-state index is 0.114. The number of hydrogen-bond donors (Lipinski definition) is 1. The van der Waals surface area contributed by atoms with Crippen LogP contribution in [0.25, 0.3) is 10.9 Å². The van der Waals surface area contributed by atoms with Gasteiger partial charge in [-0.15, -0.1) is 0 Å². The van der Waals surface area contributed by atoms with Crippen LogP contribution in [0, 0.1) is 6.92 Å². The van der Waals surface area contributed by atoms with E-state index < -0.39 is 18.5 Å². The maximum Gasteiger partial charge on any atom is 0.310 e. The smallest absolute Gasteiger partial charge is 0.310 e. The maximum absolute atomic E-state index is 13.3. The van der Waals surface area contributed by atoms with Gasteiger partial charge < -0.3 is 19.5 Å². The number of methoxy groups -OCH3 is 2. The van der Waals surface area contributed by atoms with E-state index in [9.17, 15) is 14.4 Å². The lowest BCUT2D eigenvalue weighted by molar-refractivity contribution is -0.148. The van der Waals surface area contributed by atoms with Gasteiger partial charge in [0, 0.05) is 34.8 Å². The zero-order chi connectivity index (χ0) is 24.8. The van der Waals surface area contributed by atoms with Crippen LogP contribution < -0.4 is 10.1 Å². The lowest BCUT2D eigenvalue weighted by Crippen LogP contribution is -2.38. The van der Waals surface area contributed by atoms with Gasteiger partial charge in [-0.3, -0.25) is 19.0 Å². The predicted octanol–water partition coefficient (Wildman–Crippen LogP) is 3.54. The highest BCUT2D eigenvalue weighted by Gasteiger charge is 2.23. The lowest BCUT2D eigenvalue weighted by atomic mass is 10.1. The van der Waals surface area contributed by atoms with E-state index in [0.29, 0.717) is 45.1 Å². The molecule has 180 valence electrons. The van der Waals surface area contributed by atoms with Gasteiger partial charge in [0.25, 0.3) is 11.8 Å². The fourth-order valence-corrected chi connectivity index (χ4v) is 3.87. The number of carbonyl (C=O) groups is 3. The summed E-state index contributed by atoms with van der Waals surface area (Å²) < 4.78 is 17.0. The summed E-state index contributed by atoms with van der Waals surface area (Å²) in [4.78, 5) is 37.9. The molecule has 0 spiro atoms. The van der Waals surface area contributed by atoms with E-state index in [1.54, 1.807) is 68.0 Å². The number of nitrogens with zero attached hydrogens (tertiary/aromatic N) is 1. The number of benzene rings is 2. The minimum atomic E-state index is -0.585. The molecule has 3 rings (SSSR count). The average Bonchev–Trinajstić information content (AvgIpc) is 3.08. The number of aromatic nitrogens is 1. The first kappa shape index (κ1) is 25.3. The molecular weight excluding hydrogens is 460 g/mol. The fraction of sp³-hybridized carbons (Fsp3) is 0.320. The van der Waals surface area contributed by atoms with Crippen molar-refractivity contribution in [1.82, 2.24) is 9.88 Å². The van der Waals surface area contributed by atoms with Crippen molar-refractivity contribution in [3.63, 3.8) is 0 Å². The van der Waals surface area contributed by atoms with Gasteiger partial charge in [-0.25, -0.2) is 0 Å². The van der Waals surface area contributed by atoms with Gasteiger partial charge in [-0.2, -0.15) is 0 Å². The number of rotatable bonds is 9. The highest BCUT2D eigenvalue weighted by molar-refractivity contribution is 6.30. The molecule has 1 amide bonds. The molecule has 0 fully saturated rings. The number of fused-ring (bicyclic) bond motifs is 1. The first-order valence-electron chi connectivity index (χ1n) is 10.7. The molecule has 3 aromatic rings. The summed E-state index contributed by atoms with van der Waals surface area (Å²) in [6.07, 6.45) is -0.114. The van der Waals surface area contributed by atoms with Crippen LogP contribution in [0.3, 0.4) is 0 Å². The molecule has 0 bridgehead atoms. The molecule has 8 nitrogen and oxygen atoms in total. The largest absolute Gasteiger partial charge is 0.497 e. The van der Waals surface area contributed by atoms with Gasteiger partial charge in [0.15, 0.2) is 6.61 Å². The number of ether oxygens (including phenoxy) is 3. The summed E-state index contributed by atoms with van der Waals surface area (Å²) in [7, 11) is 3.08. The summed E-state index contributed by atoms with van der Waals surface area (Å²) >= 11 is 5.96. The molecule has 0 saturated heterocycles. The second kappa shape index (κ2) is 11.2. The van der Waals surface area contributed by atoms with Gasteiger partial charge in [0.1, 0.15) is 5.75 Å². The van der Waals surface area contributed by atoms with Gasteiger partial charge in [-0.05, 0) is 61.9 Å². The summed E-state index contributed by atoms with van der Waals surface area (Å²) in [6, 6.07) is 11.7. The Labute approximate surface area is 202 Å². The van der Waals surface area contributed by atoms with Crippen molar-refractivity contribution in [2.75, 3.05) is 27.4 Å². The Morgan fingerprint density at radius 1 is 1.09 bits per heavy atom. The molecule has 9 heteroatoms. The van der Waals surface area contributed by atoms with E-state index in [0.717, 1.165) is 0 Å². The highest BCUT2D eigenvalue weighted by Crippen LogP contribution is 2.31. The Morgan fingerprint density at radius 2 is 1.79 bits per heavy atom. The minimum Gasteiger partial charge on any atom is -0.497 e. The van der Waals surface area contributed by atoms with Crippen LogP contribution >= 0.6 is 11.6 Å². The molecular formula is C25H27ClN2O6. The molecule has 0 saturated carbocycles. The standard InChI is InChI=1S/C25H27ClN2O6/c1-15(13-32-3)27-23(29)14-34-24(30)12-20-16(2)28(22-10-9-19(33-4)11-21(20)22)25(31)17-5-7-18(26)8-6-17/h5-11,15H,12-14H2,1-4H3,(H,27,29)/t15-/m0/s1. The quantitative estimate of drug-likeness (QED) is 0.465. The number of nitrogens with one attached hydrogen (secondary N) is 1. The molecule has 1 N–H and O–H groups in total. The topological polar surface area (TPSA) is 95.9 Å². The van der Waals surface area contributed by atoms with Crippen molar-refractivity contribution in [3.8, 4) is 5.75 Å². The zero-order valence-electron chi connectivity index (χ0n) is 19.5. The summed E-state index contributed by atoms with van der Waals surface area (Å²) in [5.41, 5.74) is 2.30. The second-order valence-corrected chi connectivity index (χ2v) is 8.29. The molecule has 0 aliphatic heterocycles. The Kier molecular flexibility index (Phi) is 8.31. The SMILES string of the molecule is COC[C@H](C)NC(=O)COC(=O)Cc1c(C)n(C(=O)c2ccc(Cl)cc2)c2ccc(OC)cc12. The number of carbonyl (C=O) groups excluding carboxylic acids is 3. The van der Waals surface area contributed by atoms with Crippen molar-refractivity contribution in [1.29, 1.82) is 0 Å². The first-order valence-corrected chi connectivity index (χ1v) is 11.0. The Bertz CT molecular complexity index is 1200. The zero-order valence-corrected chi connectivity index (χ0v) is 20.3. The van der Waals surface area contributed by atoms with Crippen LogP contribution in [0.1, 0.15) is 28.5 Å². The first-order chi connectivity index (χ1) is 16.2. The van der Waals surface area contributed by atoms with Crippen LogP contribution in [-0.4, -0.2) is 55.8 Å². The third-order valence-corrected chi connectivity index (χ3v) is 5.60. The third-order valence-electron chi connectivity index (χ3n) is 5.35. The van der Waals surface area contributed by atoms with Crippen LogP contribution in [0.2, 0.25) is 5.02 Å². The molecule has 1 aromatic heterocycles. The summed E-state index contributed by atoms with van der Waals surface area (Å²) in [5, 5.41) is 3.90.